The number of rotatable bonds is 5. The number of benzene rings is 4. The van der Waals surface area contributed by atoms with E-state index in [0.29, 0.717) is 43.9 Å². The number of hydrogen-bond acceptors (Lipinski definition) is 5. The van der Waals surface area contributed by atoms with E-state index in [-0.39, 0.29) is 18.2 Å². The number of esters is 1. The van der Waals surface area contributed by atoms with Crippen molar-refractivity contribution in [2.45, 2.75) is 23.8 Å². The van der Waals surface area contributed by atoms with E-state index in [9.17, 15) is 14.4 Å². The number of amides is 2. The summed E-state index contributed by atoms with van der Waals surface area (Å²) in [6.45, 7) is 0. The summed E-state index contributed by atoms with van der Waals surface area (Å²) in [4.78, 5) is 39.7. The zero-order chi connectivity index (χ0) is 29.6. The number of hydrogen-bond donors (Lipinski definition) is 2. The lowest BCUT2D eigenvalue weighted by Crippen LogP contribution is -2.56. The van der Waals surface area contributed by atoms with Crippen molar-refractivity contribution in [2.75, 3.05) is 12.4 Å². The van der Waals surface area contributed by atoms with Gasteiger partial charge in [0, 0.05) is 38.1 Å². The SMILES string of the molecule is COC(=O)c1ccc(Oc2ccc(Br)cc2[C@H]2NC(=O)C[C@@H](c3cccc(Cl)c3)C23C(=O)Nc2cc(Cl)ccc23)cc1. The highest BCUT2D eigenvalue weighted by Crippen LogP contribution is 2.58. The van der Waals surface area contributed by atoms with Gasteiger partial charge in [0.1, 0.15) is 16.9 Å². The first kappa shape index (κ1) is 28.3. The predicted molar refractivity (Wildman–Crippen MR) is 163 cm³/mol. The third-order valence-corrected chi connectivity index (χ3v) is 8.75. The van der Waals surface area contributed by atoms with E-state index in [1.165, 1.54) is 7.11 Å². The molecule has 0 saturated carbocycles. The molecule has 2 aliphatic rings. The molecule has 4 aromatic rings. The zero-order valence-electron chi connectivity index (χ0n) is 22.1. The molecule has 1 fully saturated rings. The van der Waals surface area contributed by atoms with Gasteiger partial charge < -0.3 is 20.1 Å². The van der Waals surface area contributed by atoms with Crippen molar-refractivity contribution in [3.63, 3.8) is 0 Å². The number of piperidine rings is 1. The van der Waals surface area contributed by atoms with Crippen LogP contribution in [0.2, 0.25) is 10.0 Å². The fraction of sp³-hybridized carbons (Fsp3) is 0.156. The molecule has 6 rings (SSSR count). The van der Waals surface area contributed by atoms with E-state index < -0.39 is 23.3 Å². The van der Waals surface area contributed by atoms with Crippen LogP contribution in [0.25, 0.3) is 0 Å². The summed E-state index contributed by atoms with van der Waals surface area (Å²) in [5.74, 6) is -0.644. The number of carbonyl (C=O) groups excluding carboxylic acids is 3. The lowest BCUT2D eigenvalue weighted by Gasteiger charge is -2.46. The number of anilines is 1. The maximum atomic E-state index is 14.3. The number of methoxy groups -OCH3 is 1. The smallest absolute Gasteiger partial charge is 0.337 e. The van der Waals surface area contributed by atoms with Gasteiger partial charge in [-0.2, -0.15) is 0 Å². The van der Waals surface area contributed by atoms with Gasteiger partial charge >= 0.3 is 5.97 Å². The molecule has 2 heterocycles. The maximum absolute atomic E-state index is 14.3. The molecule has 2 aliphatic heterocycles. The fourth-order valence-corrected chi connectivity index (χ4v) is 6.76. The Kier molecular flexibility index (Phi) is 7.47. The number of fused-ring (bicyclic) bond motifs is 2. The number of halogens is 3. The second-order valence-electron chi connectivity index (χ2n) is 10.1. The van der Waals surface area contributed by atoms with Gasteiger partial charge in [-0.15, -0.1) is 0 Å². The molecule has 1 spiro atoms. The number of ether oxygens (including phenoxy) is 2. The topological polar surface area (TPSA) is 93.7 Å². The summed E-state index contributed by atoms with van der Waals surface area (Å²) in [5.41, 5.74) is 1.74. The lowest BCUT2D eigenvalue weighted by molar-refractivity contribution is -0.131. The van der Waals surface area contributed by atoms with E-state index in [1.807, 2.05) is 30.3 Å². The molecule has 0 radical (unpaired) electrons. The summed E-state index contributed by atoms with van der Waals surface area (Å²) in [7, 11) is 1.32. The average Bonchev–Trinajstić information content (AvgIpc) is 3.25. The van der Waals surface area contributed by atoms with Crippen molar-refractivity contribution in [3.8, 4) is 11.5 Å². The Morgan fingerprint density at radius 2 is 1.71 bits per heavy atom. The van der Waals surface area contributed by atoms with Crippen molar-refractivity contribution in [3.05, 3.63) is 122 Å². The summed E-state index contributed by atoms with van der Waals surface area (Å²) in [6, 6.07) is 23.6. The van der Waals surface area contributed by atoms with Crippen LogP contribution in [0.3, 0.4) is 0 Å². The minimum absolute atomic E-state index is 0.0610. The number of nitrogens with one attached hydrogen (secondary N) is 2. The van der Waals surface area contributed by atoms with E-state index in [1.54, 1.807) is 54.6 Å². The molecule has 1 unspecified atom stereocenters. The maximum Gasteiger partial charge on any atom is 0.337 e. The van der Waals surface area contributed by atoms with Crippen LogP contribution in [0.15, 0.2) is 89.4 Å². The Morgan fingerprint density at radius 1 is 0.952 bits per heavy atom. The molecule has 3 atom stereocenters. The number of carbonyl (C=O) groups is 3. The molecule has 42 heavy (non-hydrogen) atoms. The Bertz CT molecular complexity index is 1750. The van der Waals surface area contributed by atoms with Crippen molar-refractivity contribution < 1.29 is 23.9 Å². The Morgan fingerprint density at radius 3 is 2.45 bits per heavy atom. The minimum atomic E-state index is -1.27. The van der Waals surface area contributed by atoms with E-state index in [4.69, 9.17) is 32.7 Å². The van der Waals surface area contributed by atoms with Crippen LogP contribution < -0.4 is 15.4 Å². The second kappa shape index (κ2) is 11.1. The van der Waals surface area contributed by atoms with Crippen LogP contribution in [0, 0.1) is 0 Å². The van der Waals surface area contributed by atoms with Crippen LogP contribution >= 0.6 is 39.1 Å². The molecule has 1 saturated heterocycles. The average molecular weight is 666 g/mol. The Balaban J connectivity index is 1.54. The van der Waals surface area contributed by atoms with Crippen LogP contribution in [0.5, 0.6) is 11.5 Å². The minimum Gasteiger partial charge on any atom is -0.465 e. The Hall–Kier alpha value is -3.85. The molecule has 0 bridgehead atoms. The van der Waals surface area contributed by atoms with Crippen molar-refractivity contribution in [1.82, 2.24) is 5.32 Å². The van der Waals surface area contributed by atoms with Gasteiger partial charge in [0.15, 0.2) is 0 Å². The molecular formula is C32H23BrCl2N2O5. The van der Waals surface area contributed by atoms with Crippen LogP contribution in [0.4, 0.5) is 5.69 Å². The third-order valence-electron chi connectivity index (χ3n) is 7.79. The third kappa shape index (κ3) is 4.83. The molecule has 4 aromatic carbocycles. The van der Waals surface area contributed by atoms with E-state index in [2.05, 4.69) is 26.6 Å². The summed E-state index contributed by atoms with van der Waals surface area (Å²) < 4.78 is 11.8. The van der Waals surface area contributed by atoms with E-state index >= 15 is 0 Å². The van der Waals surface area contributed by atoms with Gasteiger partial charge in [-0.05, 0) is 77.9 Å². The first-order valence-corrected chi connectivity index (χ1v) is 14.6. The standard InChI is InChI=1S/C32H23BrCl2N2O5/c1-41-30(39)17-5-9-22(10-6-17)42-27-12-7-19(33)14-23(27)29-32(24-11-8-21(35)15-26(24)36-31(32)40)25(16-28(38)37-29)18-3-2-4-20(34)13-18/h2-15,25,29H,16H2,1H3,(H,36,40)(H,37,38)/t25-,29+,32?/m0/s1. The first-order valence-electron chi connectivity index (χ1n) is 13.0. The zero-order valence-corrected chi connectivity index (χ0v) is 25.2. The second-order valence-corrected chi connectivity index (χ2v) is 11.9. The molecule has 10 heteroatoms. The largest absolute Gasteiger partial charge is 0.465 e. The summed E-state index contributed by atoms with van der Waals surface area (Å²) in [6.07, 6.45) is 0.0610. The molecule has 2 N–H and O–H groups in total. The van der Waals surface area contributed by atoms with Crippen molar-refractivity contribution >= 4 is 62.6 Å². The lowest BCUT2D eigenvalue weighted by atomic mass is 9.59. The van der Waals surface area contributed by atoms with Gasteiger partial charge in [-0.1, -0.05) is 57.3 Å². The van der Waals surface area contributed by atoms with Crippen LogP contribution in [0.1, 0.15) is 45.4 Å². The molecule has 0 aliphatic carbocycles. The molecule has 0 aromatic heterocycles. The van der Waals surface area contributed by atoms with E-state index in [0.717, 1.165) is 10.0 Å². The predicted octanol–water partition coefficient (Wildman–Crippen LogP) is 7.57. The first-order chi connectivity index (χ1) is 20.2. The Labute approximate surface area is 260 Å². The van der Waals surface area contributed by atoms with Crippen molar-refractivity contribution in [1.29, 1.82) is 0 Å². The summed E-state index contributed by atoms with van der Waals surface area (Å²) in [5, 5.41) is 7.13. The highest BCUT2D eigenvalue weighted by atomic mass is 79.9. The highest BCUT2D eigenvalue weighted by Gasteiger charge is 2.61. The van der Waals surface area contributed by atoms with Gasteiger partial charge in [0.05, 0.1) is 18.7 Å². The highest BCUT2D eigenvalue weighted by molar-refractivity contribution is 9.10. The molecular weight excluding hydrogens is 643 g/mol. The fourth-order valence-electron chi connectivity index (χ4n) is 6.01. The quantitative estimate of drug-likeness (QED) is 0.215. The van der Waals surface area contributed by atoms with Gasteiger partial charge in [0.2, 0.25) is 11.8 Å². The molecule has 2 amide bonds. The summed E-state index contributed by atoms with van der Waals surface area (Å²) >= 11 is 16.3. The molecule has 7 nitrogen and oxygen atoms in total. The van der Waals surface area contributed by atoms with Crippen LogP contribution in [-0.4, -0.2) is 24.9 Å². The van der Waals surface area contributed by atoms with Gasteiger partial charge in [0.25, 0.3) is 0 Å². The van der Waals surface area contributed by atoms with Gasteiger partial charge in [-0.25, -0.2) is 4.79 Å². The normalized spacial score (nSPS) is 21.0. The van der Waals surface area contributed by atoms with Crippen molar-refractivity contribution in [2.24, 2.45) is 0 Å². The van der Waals surface area contributed by atoms with Crippen LogP contribution in [-0.2, 0) is 19.7 Å². The monoisotopic (exact) mass is 664 g/mol. The molecule has 212 valence electrons. The van der Waals surface area contributed by atoms with Gasteiger partial charge in [-0.3, -0.25) is 9.59 Å².